The molecule has 0 aromatic carbocycles. The summed E-state index contributed by atoms with van der Waals surface area (Å²) in [4.78, 5) is 3.76. The number of hydrogen-bond donors (Lipinski definition) is 1. The molecule has 0 bridgehead atoms. The molecule has 51 valence electrons. The quantitative estimate of drug-likeness (QED) is 0.508. The Bertz CT molecular complexity index is 227. The van der Waals surface area contributed by atoms with E-state index in [2.05, 4.69) is 22.5 Å². The number of nitrogens with zero attached hydrogens (tertiary/aromatic N) is 2. The highest BCUT2D eigenvalue weighted by Crippen LogP contribution is 1.89. The van der Waals surface area contributed by atoms with Crippen LogP contribution in [0.1, 0.15) is 0 Å². The van der Waals surface area contributed by atoms with Crippen molar-refractivity contribution in [2.45, 2.75) is 0 Å². The van der Waals surface area contributed by atoms with E-state index < -0.39 is 0 Å². The minimum Gasteiger partial charge on any atom is -0.374 e. The van der Waals surface area contributed by atoms with Crippen LogP contribution in [0.4, 0.5) is 0 Å². The second-order valence-corrected chi connectivity index (χ2v) is 2.06. The van der Waals surface area contributed by atoms with E-state index in [1.54, 1.807) is 18.4 Å². The predicted molar refractivity (Wildman–Crippen MR) is 44.6 cm³/mol. The molecule has 0 saturated carbocycles. The maximum atomic E-state index is 5.15. The van der Waals surface area contributed by atoms with Gasteiger partial charge in [0.15, 0.2) is 10.9 Å². The number of nitrogens with two attached hydrogens (primary N) is 1. The lowest BCUT2D eigenvalue weighted by atomic mass is 10.4. The molecule has 1 radical (unpaired) electrons. The van der Waals surface area contributed by atoms with E-state index >= 15 is 0 Å². The van der Waals surface area contributed by atoms with E-state index in [1.807, 2.05) is 6.08 Å². The molecule has 1 rings (SSSR count). The summed E-state index contributed by atoms with van der Waals surface area (Å²) in [6.45, 7) is 0. The summed E-state index contributed by atoms with van der Waals surface area (Å²) in [6.07, 6.45) is 7.00. The highest BCUT2D eigenvalue weighted by Gasteiger charge is 1.94. The van der Waals surface area contributed by atoms with Gasteiger partial charge in [-0.2, -0.15) is 0 Å². The van der Waals surface area contributed by atoms with Crippen molar-refractivity contribution >= 4 is 23.2 Å². The summed E-state index contributed by atoms with van der Waals surface area (Å²) >= 11 is 4.55. The van der Waals surface area contributed by atoms with Crippen LogP contribution in [-0.2, 0) is 0 Å². The Morgan fingerprint density at radius 1 is 1.60 bits per heavy atom. The van der Waals surface area contributed by atoms with E-state index in [9.17, 15) is 0 Å². The maximum absolute atomic E-state index is 5.15. The first-order chi connectivity index (χ1) is 4.79. The number of allylic oxidation sites excluding steroid dienone is 2. The van der Waals surface area contributed by atoms with Crippen LogP contribution in [-0.4, -0.2) is 10.9 Å². The van der Waals surface area contributed by atoms with E-state index in [0.29, 0.717) is 5.84 Å². The van der Waals surface area contributed by atoms with Crippen LogP contribution in [0.5, 0.6) is 0 Å². The summed E-state index contributed by atoms with van der Waals surface area (Å²) in [7, 11) is 0. The SMILES string of the molecule is NC(=S)/N=C1/C=CC=C[N]1. The summed E-state index contributed by atoms with van der Waals surface area (Å²) in [5.74, 6) is 0.551. The van der Waals surface area contributed by atoms with Gasteiger partial charge in [0.25, 0.3) is 0 Å². The molecule has 2 N–H and O–H groups in total. The molecule has 10 heavy (non-hydrogen) atoms. The molecule has 0 aromatic heterocycles. The second kappa shape index (κ2) is 3.12. The van der Waals surface area contributed by atoms with Crippen molar-refractivity contribution in [3.63, 3.8) is 0 Å². The number of hydrogen-bond acceptors (Lipinski definition) is 1. The zero-order valence-electron chi connectivity index (χ0n) is 5.19. The van der Waals surface area contributed by atoms with Gasteiger partial charge >= 0.3 is 0 Å². The molecular weight excluding hydrogens is 146 g/mol. The van der Waals surface area contributed by atoms with Crippen molar-refractivity contribution in [3.8, 4) is 0 Å². The molecule has 0 saturated heterocycles. The van der Waals surface area contributed by atoms with Gasteiger partial charge in [-0.25, -0.2) is 10.3 Å². The third kappa shape index (κ3) is 1.99. The highest BCUT2D eigenvalue weighted by molar-refractivity contribution is 7.80. The molecular formula is C6H6N3S. The van der Waals surface area contributed by atoms with Gasteiger partial charge in [0.2, 0.25) is 0 Å². The molecule has 3 nitrogen and oxygen atoms in total. The standard InChI is InChI=1S/C6H6N3S/c7-6(10)9-5-3-1-2-4-8-5/h1-4H,(H2,7,10)/b9-5-. The lowest BCUT2D eigenvalue weighted by molar-refractivity contribution is 1.24. The summed E-state index contributed by atoms with van der Waals surface area (Å²) in [5.41, 5.74) is 5.15. The van der Waals surface area contributed by atoms with Crippen LogP contribution in [0.3, 0.4) is 0 Å². The molecule has 0 aliphatic carbocycles. The van der Waals surface area contributed by atoms with Gasteiger partial charge in [-0.3, -0.25) is 0 Å². The van der Waals surface area contributed by atoms with Gasteiger partial charge in [-0.05, 0) is 24.4 Å². The average Bonchev–Trinajstić information content (AvgIpc) is 1.88. The fourth-order valence-corrected chi connectivity index (χ4v) is 0.626. The Morgan fingerprint density at radius 2 is 2.40 bits per heavy atom. The Morgan fingerprint density at radius 3 is 2.90 bits per heavy atom. The fraction of sp³-hybridized carbons (Fsp3) is 0. The van der Waals surface area contributed by atoms with Crippen LogP contribution in [0.15, 0.2) is 29.4 Å². The Labute approximate surface area is 64.3 Å². The van der Waals surface area contributed by atoms with Gasteiger partial charge in [0, 0.05) is 6.20 Å². The molecule has 0 atom stereocenters. The smallest absolute Gasteiger partial charge is 0.192 e. The first kappa shape index (κ1) is 6.95. The van der Waals surface area contributed by atoms with Crippen LogP contribution >= 0.6 is 12.2 Å². The predicted octanol–water partition coefficient (Wildman–Crippen LogP) is 0.316. The van der Waals surface area contributed by atoms with Crippen LogP contribution in [0.2, 0.25) is 0 Å². The lowest BCUT2D eigenvalue weighted by Crippen LogP contribution is -2.14. The molecule has 1 heterocycles. The number of aliphatic imine (C=N–C) groups is 1. The van der Waals surface area contributed by atoms with Crippen molar-refractivity contribution in [3.05, 3.63) is 24.4 Å². The lowest BCUT2D eigenvalue weighted by Gasteiger charge is -1.98. The van der Waals surface area contributed by atoms with Gasteiger partial charge < -0.3 is 5.73 Å². The number of thiocarbonyl (C=S) groups is 1. The Hall–Kier alpha value is -1.16. The van der Waals surface area contributed by atoms with E-state index in [4.69, 9.17) is 5.73 Å². The van der Waals surface area contributed by atoms with Crippen molar-refractivity contribution < 1.29 is 0 Å². The van der Waals surface area contributed by atoms with Crippen molar-refractivity contribution in [1.82, 2.24) is 5.32 Å². The minimum absolute atomic E-state index is 0.110. The highest BCUT2D eigenvalue weighted by atomic mass is 32.1. The van der Waals surface area contributed by atoms with Gasteiger partial charge in [0.1, 0.15) is 0 Å². The zero-order chi connectivity index (χ0) is 7.40. The van der Waals surface area contributed by atoms with Crippen LogP contribution in [0, 0.1) is 0 Å². The Kier molecular flexibility index (Phi) is 2.17. The summed E-state index contributed by atoms with van der Waals surface area (Å²) in [6, 6.07) is 0. The molecule has 4 heteroatoms. The molecule has 1 aliphatic rings. The van der Waals surface area contributed by atoms with E-state index in [0.717, 1.165) is 0 Å². The average molecular weight is 152 g/mol. The monoisotopic (exact) mass is 152 g/mol. The molecule has 0 spiro atoms. The van der Waals surface area contributed by atoms with Crippen molar-refractivity contribution in [2.24, 2.45) is 10.7 Å². The van der Waals surface area contributed by atoms with Crippen LogP contribution < -0.4 is 11.1 Å². The number of amidine groups is 1. The van der Waals surface area contributed by atoms with E-state index in [1.165, 1.54) is 0 Å². The summed E-state index contributed by atoms with van der Waals surface area (Å²) < 4.78 is 0. The third-order valence-corrected chi connectivity index (χ3v) is 0.965. The molecule has 0 fully saturated rings. The van der Waals surface area contributed by atoms with Crippen molar-refractivity contribution in [2.75, 3.05) is 0 Å². The first-order valence-electron chi connectivity index (χ1n) is 2.71. The van der Waals surface area contributed by atoms with Crippen molar-refractivity contribution in [1.29, 1.82) is 0 Å². The number of rotatable bonds is 0. The van der Waals surface area contributed by atoms with Crippen LogP contribution in [0.25, 0.3) is 0 Å². The maximum Gasteiger partial charge on any atom is 0.192 e. The third-order valence-electron chi connectivity index (χ3n) is 0.874. The summed E-state index contributed by atoms with van der Waals surface area (Å²) in [5, 5.41) is 3.99. The first-order valence-corrected chi connectivity index (χ1v) is 3.12. The molecule has 0 unspecified atom stereocenters. The van der Waals surface area contributed by atoms with Gasteiger partial charge in [-0.1, -0.05) is 6.08 Å². The fourth-order valence-electron chi connectivity index (χ4n) is 0.533. The molecule has 1 aliphatic heterocycles. The second-order valence-electron chi connectivity index (χ2n) is 1.64. The molecule has 0 amide bonds. The normalized spacial score (nSPS) is 19.0. The van der Waals surface area contributed by atoms with Gasteiger partial charge in [0.05, 0.1) is 0 Å². The topological polar surface area (TPSA) is 52.5 Å². The minimum atomic E-state index is 0.110. The van der Waals surface area contributed by atoms with Gasteiger partial charge in [-0.15, -0.1) is 0 Å². The van der Waals surface area contributed by atoms with E-state index in [-0.39, 0.29) is 5.11 Å². The molecule has 0 aromatic rings. The largest absolute Gasteiger partial charge is 0.374 e. The zero-order valence-corrected chi connectivity index (χ0v) is 6.01. The Balaban J connectivity index is 2.67.